The molecule has 0 bridgehead atoms. The van der Waals surface area contributed by atoms with Gasteiger partial charge in [-0.1, -0.05) is 29.4 Å². The molecule has 1 aromatic rings. The zero-order chi connectivity index (χ0) is 15.1. The highest BCUT2D eigenvalue weighted by Crippen LogP contribution is 2.39. The number of thioether (sulfide) groups is 1. The van der Waals surface area contributed by atoms with Crippen molar-refractivity contribution >= 4 is 38.6 Å². The lowest BCUT2D eigenvalue weighted by Crippen LogP contribution is -2.42. The van der Waals surface area contributed by atoms with Crippen LogP contribution in [0.1, 0.15) is 5.56 Å². The first kappa shape index (κ1) is 15.6. The van der Waals surface area contributed by atoms with Crippen molar-refractivity contribution in [3.63, 3.8) is 0 Å². The Morgan fingerprint density at radius 3 is 2.70 bits per heavy atom. The normalized spacial score (nSPS) is 25.4. The molecule has 0 amide bonds. The molecule has 20 heavy (non-hydrogen) atoms. The van der Waals surface area contributed by atoms with Gasteiger partial charge < -0.3 is 10.0 Å². The lowest BCUT2D eigenvalue weighted by molar-refractivity contribution is -0.0349. The van der Waals surface area contributed by atoms with Gasteiger partial charge in [-0.3, -0.25) is 4.99 Å². The lowest BCUT2D eigenvalue weighted by Gasteiger charge is -2.31. The highest BCUT2D eigenvalue weighted by molar-refractivity contribution is 8.14. The molecule has 0 aliphatic carbocycles. The molecular weight excluding hydrogens is 322 g/mol. The average Bonchev–Trinajstić information content (AvgIpc) is 2.66. The van der Waals surface area contributed by atoms with Gasteiger partial charge in [-0.25, -0.2) is 13.6 Å². The number of nitrogens with zero attached hydrogens (tertiary/aromatic N) is 2. The molecule has 9 heteroatoms. The summed E-state index contributed by atoms with van der Waals surface area (Å²) >= 11 is 7.22. The van der Waals surface area contributed by atoms with Crippen LogP contribution in [-0.4, -0.2) is 43.4 Å². The maximum atomic E-state index is 11.5. The molecule has 1 heterocycles. The van der Waals surface area contributed by atoms with E-state index in [1.807, 2.05) is 0 Å². The van der Waals surface area contributed by atoms with Crippen LogP contribution in [-0.2, 0) is 15.7 Å². The molecule has 2 rings (SSSR count). The zero-order valence-electron chi connectivity index (χ0n) is 10.9. The van der Waals surface area contributed by atoms with E-state index in [-0.39, 0.29) is 9.92 Å². The third kappa shape index (κ3) is 2.53. The van der Waals surface area contributed by atoms with Crippen LogP contribution in [0.4, 0.5) is 0 Å². The van der Waals surface area contributed by atoms with Gasteiger partial charge in [-0.2, -0.15) is 0 Å². The van der Waals surface area contributed by atoms with Crippen LogP contribution < -0.4 is 5.14 Å². The second kappa shape index (κ2) is 5.19. The van der Waals surface area contributed by atoms with E-state index in [1.165, 1.54) is 23.9 Å². The summed E-state index contributed by atoms with van der Waals surface area (Å²) in [4.78, 5) is 5.44. The lowest BCUT2D eigenvalue weighted by atomic mass is 10.0. The Morgan fingerprint density at radius 1 is 1.55 bits per heavy atom. The summed E-state index contributed by atoms with van der Waals surface area (Å²) in [7, 11) is -0.632. The first-order valence-corrected chi connectivity index (χ1v) is 8.50. The van der Waals surface area contributed by atoms with E-state index in [0.717, 1.165) is 0 Å². The number of hydrogen-bond acceptors (Lipinski definition) is 5. The van der Waals surface area contributed by atoms with E-state index in [4.69, 9.17) is 16.7 Å². The van der Waals surface area contributed by atoms with Crippen LogP contribution in [0.5, 0.6) is 0 Å². The quantitative estimate of drug-likeness (QED) is 0.833. The van der Waals surface area contributed by atoms with Gasteiger partial charge in [0.15, 0.2) is 10.9 Å². The Kier molecular flexibility index (Phi) is 4.05. The third-order valence-electron chi connectivity index (χ3n) is 3.14. The van der Waals surface area contributed by atoms with Gasteiger partial charge in [0.2, 0.25) is 10.0 Å². The van der Waals surface area contributed by atoms with Gasteiger partial charge in [-0.15, -0.1) is 0 Å². The van der Waals surface area contributed by atoms with Crippen LogP contribution >= 0.6 is 23.4 Å². The van der Waals surface area contributed by atoms with E-state index in [1.54, 1.807) is 25.1 Å². The van der Waals surface area contributed by atoms with Crippen LogP contribution in [0.2, 0.25) is 5.02 Å². The first-order valence-electron chi connectivity index (χ1n) is 5.59. The maximum Gasteiger partial charge on any atom is 0.239 e. The van der Waals surface area contributed by atoms with Gasteiger partial charge in [0, 0.05) is 19.7 Å². The number of nitrogens with two attached hydrogens (primary N) is 1. The Bertz CT molecular complexity index is 677. The second-order valence-electron chi connectivity index (χ2n) is 4.36. The van der Waals surface area contributed by atoms with Crippen molar-refractivity contribution in [1.82, 2.24) is 4.90 Å². The first-order chi connectivity index (χ1) is 9.20. The molecule has 1 atom stereocenters. The number of aliphatic imine (C=N–C) groups is 1. The largest absolute Gasteiger partial charge is 0.366 e. The molecular formula is C11H14ClN3O3S2. The molecule has 6 nitrogen and oxygen atoms in total. The Hall–Kier alpha value is -0.800. The van der Waals surface area contributed by atoms with Gasteiger partial charge >= 0.3 is 0 Å². The van der Waals surface area contributed by atoms with Crippen molar-refractivity contribution in [3.05, 3.63) is 28.8 Å². The summed E-state index contributed by atoms with van der Waals surface area (Å²) in [6.45, 7) is 0. The number of amidine groups is 1. The van der Waals surface area contributed by atoms with E-state index in [0.29, 0.717) is 16.5 Å². The molecule has 0 saturated carbocycles. The summed E-state index contributed by atoms with van der Waals surface area (Å²) < 4.78 is 23.0. The minimum atomic E-state index is -3.95. The number of halogens is 1. The predicted molar refractivity (Wildman–Crippen MR) is 80.3 cm³/mol. The summed E-state index contributed by atoms with van der Waals surface area (Å²) in [5.74, 6) is 0.335. The highest BCUT2D eigenvalue weighted by atomic mass is 35.5. The predicted octanol–water partition coefficient (Wildman–Crippen LogP) is 0.797. The van der Waals surface area contributed by atoms with Crippen molar-refractivity contribution in [2.75, 3.05) is 19.8 Å². The summed E-state index contributed by atoms with van der Waals surface area (Å²) in [6.07, 6.45) is 0. The third-order valence-corrected chi connectivity index (χ3v) is 5.79. The fraction of sp³-hybridized carbons (Fsp3) is 0.364. The average molecular weight is 336 g/mol. The van der Waals surface area contributed by atoms with E-state index < -0.39 is 15.7 Å². The number of rotatable bonds is 2. The van der Waals surface area contributed by atoms with Crippen LogP contribution in [0.15, 0.2) is 28.1 Å². The molecule has 110 valence electrons. The molecule has 1 aromatic carbocycles. The minimum Gasteiger partial charge on any atom is -0.366 e. The number of sulfonamides is 1. The van der Waals surface area contributed by atoms with Gasteiger partial charge in [0.1, 0.15) is 4.90 Å². The maximum absolute atomic E-state index is 11.5. The molecule has 1 aliphatic rings. The molecule has 0 radical (unpaired) electrons. The van der Waals surface area contributed by atoms with Gasteiger partial charge in [0.25, 0.3) is 0 Å². The van der Waals surface area contributed by atoms with Crippen molar-refractivity contribution in [2.24, 2.45) is 10.1 Å². The number of aliphatic hydroxyl groups is 1. The van der Waals surface area contributed by atoms with Crippen LogP contribution in [0, 0.1) is 0 Å². The minimum absolute atomic E-state index is 0.0255. The molecule has 0 spiro atoms. The van der Waals surface area contributed by atoms with Crippen molar-refractivity contribution in [1.29, 1.82) is 0 Å². The van der Waals surface area contributed by atoms with Crippen molar-refractivity contribution < 1.29 is 13.5 Å². The Labute approximate surface area is 126 Å². The van der Waals surface area contributed by atoms with Crippen LogP contribution in [0.3, 0.4) is 0 Å². The fourth-order valence-electron chi connectivity index (χ4n) is 1.98. The van der Waals surface area contributed by atoms with E-state index in [2.05, 4.69) is 4.99 Å². The van der Waals surface area contributed by atoms with Crippen LogP contribution in [0.25, 0.3) is 0 Å². The number of hydrogen-bond donors (Lipinski definition) is 2. The SMILES string of the molecule is CN=C1SCC(O)(c2ccc(Cl)c(S(N)(=O)=O)c2)N1C. The molecule has 1 unspecified atom stereocenters. The standard InChI is InChI=1S/C11H14ClN3O3S2/c1-14-10-15(2)11(16,6-19-10)7-3-4-8(12)9(5-7)20(13,17)18/h3-5,16H,6H2,1-2H3,(H2,13,17,18). The molecule has 1 saturated heterocycles. The van der Waals surface area contributed by atoms with E-state index >= 15 is 0 Å². The Balaban J connectivity index is 2.55. The molecule has 0 aromatic heterocycles. The summed E-state index contributed by atoms with van der Waals surface area (Å²) in [5.41, 5.74) is -0.941. The topological polar surface area (TPSA) is 96.0 Å². The fourth-order valence-corrected chi connectivity index (χ4v) is 4.21. The molecule has 3 N–H and O–H groups in total. The van der Waals surface area contributed by atoms with E-state index in [9.17, 15) is 13.5 Å². The molecule has 1 aliphatic heterocycles. The Morgan fingerprint density at radius 2 is 2.20 bits per heavy atom. The van der Waals surface area contributed by atoms with Gasteiger partial charge in [-0.05, 0) is 12.1 Å². The second-order valence-corrected chi connectivity index (χ2v) is 7.24. The number of benzene rings is 1. The molecule has 1 fully saturated rings. The summed E-state index contributed by atoms with van der Waals surface area (Å²) in [6, 6.07) is 4.29. The monoisotopic (exact) mass is 335 g/mol. The highest BCUT2D eigenvalue weighted by Gasteiger charge is 2.42. The number of primary sulfonamides is 1. The van der Waals surface area contributed by atoms with Crippen molar-refractivity contribution in [2.45, 2.75) is 10.6 Å². The van der Waals surface area contributed by atoms with Crippen molar-refractivity contribution in [3.8, 4) is 0 Å². The smallest absolute Gasteiger partial charge is 0.239 e. The van der Waals surface area contributed by atoms with Gasteiger partial charge in [0.05, 0.1) is 10.8 Å². The summed E-state index contributed by atoms with van der Waals surface area (Å²) in [5, 5.41) is 16.6. The zero-order valence-corrected chi connectivity index (χ0v) is 13.3.